The molecule has 1 unspecified atom stereocenters. The van der Waals surface area contributed by atoms with Crippen molar-refractivity contribution in [3.05, 3.63) is 34.4 Å². The largest absolute Gasteiger partial charge is 0.349 e. The minimum atomic E-state index is 0.660. The highest BCUT2D eigenvalue weighted by molar-refractivity contribution is 9.10. The number of rotatable bonds is 1. The minimum Gasteiger partial charge on any atom is -0.349 e. The molecular formula is C14H17BrN2. The lowest BCUT2D eigenvalue weighted by atomic mass is 9.90. The first kappa shape index (κ1) is 11.3. The van der Waals surface area contributed by atoms with E-state index in [9.17, 15) is 0 Å². The number of nitrogens with zero attached hydrogens (tertiary/aromatic N) is 1. The molecule has 0 amide bonds. The topological polar surface area (TPSA) is 17.0 Å². The summed E-state index contributed by atoms with van der Waals surface area (Å²) in [5, 5.41) is 4.83. The lowest BCUT2D eigenvalue weighted by Crippen LogP contribution is -2.28. The number of benzene rings is 1. The SMILES string of the molecule is Cn1cc(Br)c2cccc(C3CCCNC3)c21. The molecule has 2 aromatic rings. The van der Waals surface area contributed by atoms with Gasteiger partial charge in [-0.15, -0.1) is 0 Å². The smallest absolute Gasteiger partial charge is 0.0525 e. The molecule has 2 nitrogen and oxygen atoms in total. The van der Waals surface area contributed by atoms with E-state index in [0.717, 1.165) is 6.54 Å². The van der Waals surface area contributed by atoms with Crippen LogP contribution in [-0.2, 0) is 7.05 Å². The van der Waals surface area contributed by atoms with Gasteiger partial charge in [0.25, 0.3) is 0 Å². The molecule has 1 aromatic carbocycles. The molecule has 3 rings (SSSR count). The molecule has 2 heterocycles. The van der Waals surface area contributed by atoms with Gasteiger partial charge >= 0.3 is 0 Å². The maximum Gasteiger partial charge on any atom is 0.0525 e. The molecule has 1 fully saturated rings. The van der Waals surface area contributed by atoms with Crippen LogP contribution < -0.4 is 5.32 Å². The molecule has 0 radical (unpaired) electrons. The predicted octanol–water partition coefficient (Wildman–Crippen LogP) is 3.41. The Balaban J connectivity index is 2.15. The molecule has 17 heavy (non-hydrogen) atoms. The number of hydrogen-bond acceptors (Lipinski definition) is 1. The predicted molar refractivity (Wildman–Crippen MR) is 75.5 cm³/mol. The van der Waals surface area contributed by atoms with E-state index in [4.69, 9.17) is 0 Å². The van der Waals surface area contributed by atoms with E-state index in [0.29, 0.717) is 5.92 Å². The summed E-state index contributed by atoms with van der Waals surface area (Å²) in [5.41, 5.74) is 2.87. The summed E-state index contributed by atoms with van der Waals surface area (Å²) in [5.74, 6) is 0.660. The maximum absolute atomic E-state index is 3.64. The second-order valence-electron chi connectivity index (χ2n) is 4.87. The van der Waals surface area contributed by atoms with Crippen molar-refractivity contribution in [3.8, 4) is 0 Å². The Morgan fingerprint density at radius 1 is 1.41 bits per heavy atom. The van der Waals surface area contributed by atoms with E-state index in [1.165, 1.54) is 40.3 Å². The standard InChI is InChI=1S/C14H17BrN2/c1-17-9-13(15)12-6-2-5-11(14(12)17)10-4-3-7-16-8-10/h2,5-6,9-10,16H,3-4,7-8H2,1H3. The summed E-state index contributed by atoms with van der Waals surface area (Å²) >= 11 is 3.64. The second kappa shape index (κ2) is 4.46. The summed E-state index contributed by atoms with van der Waals surface area (Å²) in [6.07, 6.45) is 4.74. The molecule has 90 valence electrons. The van der Waals surface area contributed by atoms with Crippen molar-refractivity contribution in [3.63, 3.8) is 0 Å². The highest BCUT2D eigenvalue weighted by atomic mass is 79.9. The number of nitrogens with one attached hydrogen (secondary N) is 1. The third kappa shape index (κ3) is 1.91. The summed E-state index contributed by atoms with van der Waals surface area (Å²) in [7, 11) is 2.13. The number of fused-ring (bicyclic) bond motifs is 1. The molecule has 1 N–H and O–H groups in total. The van der Waals surface area contributed by atoms with Gasteiger partial charge in [-0.05, 0) is 46.8 Å². The molecule has 1 aromatic heterocycles. The fourth-order valence-electron chi connectivity index (χ4n) is 2.90. The lowest BCUT2D eigenvalue weighted by molar-refractivity contribution is 0.463. The van der Waals surface area contributed by atoms with Crippen molar-refractivity contribution in [2.24, 2.45) is 7.05 Å². The van der Waals surface area contributed by atoms with Gasteiger partial charge in [-0.2, -0.15) is 0 Å². The molecule has 0 spiro atoms. The number of aryl methyl sites for hydroxylation is 1. The van der Waals surface area contributed by atoms with Crippen molar-refractivity contribution in [1.82, 2.24) is 9.88 Å². The molecule has 1 aliphatic heterocycles. The summed E-state index contributed by atoms with van der Waals surface area (Å²) in [6.45, 7) is 2.28. The molecule has 0 aliphatic carbocycles. The Labute approximate surface area is 110 Å². The Bertz CT molecular complexity index is 538. The summed E-state index contributed by atoms with van der Waals surface area (Å²) < 4.78 is 3.43. The van der Waals surface area contributed by atoms with Gasteiger partial charge in [0.15, 0.2) is 0 Å². The number of piperidine rings is 1. The van der Waals surface area contributed by atoms with Crippen LogP contribution >= 0.6 is 15.9 Å². The Hall–Kier alpha value is -0.800. The van der Waals surface area contributed by atoms with Crippen molar-refractivity contribution in [1.29, 1.82) is 0 Å². The van der Waals surface area contributed by atoms with Crippen LogP contribution in [0.3, 0.4) is 0 Å². The molecule has 1 saturated heterocycles. The fourth-order valence-corrected chi connectivity index (χ4v) is 3.53. The van der Waals surface area contributed by atoms with Crippen LogP contribution in [0.5, 0.6) is 0 Å². The van der Waals surface area contributed by atoms with Gasteiger partial charge in [0.05, 0.1) is 5.52 Å². The second-order valence-corrected chi connectivity index (χ2v) is 5.73. The van der Waals surface area contributed by atoms with Crippen molar-refractivity contribution in [2.45, 2.75) is 18.8 Å². The van der Waals surface area contributed by atoms with Gasteiger partial charge in [-0.25, -0.2) is 0 Å². The third-order valence-corrected chi connectivity index (χ3v) is 4.35. The van der Waals surface area contributed by atoms with Gasteiger partial charge in [-0.3, -0.25) is 0 Å². The summed E-state index contributed by atoms with van der Waals surface area (Å²) in [6, 6.07) is 6.66. The van der Waals surface area contributed by atoms with Crippen LogP contribution in [0.15, 0.2) is 28.9 Å². The van der Waals surface area contributed by atoms with Crippen molar-refractivity contribution >= 4 is 26.8 Å². The van der Waals surface area contributed by atoms with Crippen molar-refractivity contribution in [2.75, 3.05) is 13.1 Å². The van der Waals surface area contributed by atoms with Gasteiger partial charge in [-0.1, -0.05) is 18.2 Å². The number of para-hydroxylation sites is 1. The molecule has 1 atom stereocenters. The molecular weight excluding hydrogens is 276 g/mol. The van der Waals surface area contributed by atoms with Crippen LogP contribution in [-0.4, -0.2) is 17.7 Å². The van der Waals surface area contributed by atoms with E-state index in [1.807, 2.05) is 0 Å². The first-order valence-electron chi connectivity index (χ1n) is 6.21. The van der Waals surface area contributed by atoms with Gasteiger partial charge in [0.1, 0.15) is 0 Å². The van der Waals surface area contributed by atoms with E-state index in [2.05, 4.69) is 57.3 Å². The minimum absolute atomic E-state index is 0.660. The lowest BCUT2D eigenvalue weighted by Gasteiger charge is -2.24. The Morgan fingerprint density at radius 3 is 3.06 bits per heavy atom. The first-order valence-corrected chi connectivity index (χ1v) is 7.01. The number of halogens is 1. The maximum atomic E-state index is 3.64. The van der Waals surface area contributed by atoms with Crippen LogP contribution in [0.1, 0.15) is 24.3 Å². The van der Waals surface area contributed by atoms with Crippen LogP contribution in [0, 0.1) is 0 Å². The number of hydrogen-bond donors (Lipinski definition) is 1. The molecule has 0 saturated carbocycles. The molecule has 1 aliphatic rings. The Kier molecular flexibility index (Phi) is 2.97. The number of aromatic nitrogens is 1. The summed E-state index contributed by atoms with van der Waals surface area (Å²) in [4.78, 5) is 0. The molecule has 3 heteroatoms. The van der Waals surface area contributed by atoms with Gasteiger partial charge in [0.2, 0.25) is 0 Å². The van der Waals surface area contributed by atoms with Crippen LogP contribution in [0.4, 0.5) is 0 Å². The highest BCUT2D eigenvalue weighted by Gasteiger charge is 2.19. The average Bonchev–Trinajstić information content (AvgIpc) is 2.66. The van der Waals surface area contributed by atoms with Crippen molar-refractivity contribution < 1.29 is 0 Å². The zero-order valence-corrected chi connectivity index (χ0v) is 11.6. The first-order chi connectivity index (χ1) is 8.27. The fraction of sp³-hybridized carbons (Fsp3) is 0.429. The highest BCUT2D eigenvalue weighted by Crippen LogP contribution is 2.33. The van der Waals surface area contributed by atoms with Crippen LogP contribution in [0.25, 0.3) is 10.9 Å². The van der Waals surface area contributed by atoms with E-state index in [-0.39, 0.29) is 0 Å². The van der Waals surface area contributed by atoms with Gasteiger partial charge in [0, 0.05) is 29.6 Å². The van der Waals surface area contributed by atoms with E-state index < -0.39 is 0 Å². The average molecular weight is 293 g/mol. The zero-order valence-electron chi connectivity index (χ0n) is 10.0. The Morgan fingerprint density at radius 2 is 2.29 bits per heavy atom. The quantitative estimate of drug-likeness (QED) is 0.852. The van der Waals surface area contributed by atoms with Gasteiger partial charge < -0.3 is 9.88 Å². The zero-order chi connectivity index (χ0) is 11.8. The van der Waals surface area contributed by atoms with Crippen LogP contribution in [0.2, 0.25) is 0 Å². The normalized spacial score (nSPS) is 20.9. The monoisotopic (exact) mass is 292 g/mol. The molecule has 0 bridgehead atoms. The van der Waals surface area contributed by atoms with E-state index in [1.54, 1.807) is 0 Å². The van der Waals surface area contributed by atoms with E-state index >= 15 is 0 Å². The third-order valence-electron chi connectivity index (χ3n) is 3.72.